The summed E-state index contributed by atoms with van der Waals surface area (Å²) >= 11 is 0. The molecule has 0 unspecified atom stereocenters. The number of amides is 1. The van der Waals surface area contributed by atoms with Crippen LogP contribution in [0.15, 0.2) is 30.3 Å². The molecular formula is C18H20FNO5. The van der Waals surface area contributed by atoms with E-state index in [1.54, 1.807) is 12.1 Å². The highest BCUT2D eigenvalue weighted by atomic mass is 19.1. The van der Waals surface area contributed by atoms with Crippen molar-refractivity contribution in [2.75, 3.05) is 28.4 Å². The third-order valence-electron chi connectivity index (χ3n) is 3.65. The summed E-state index contributed by atoms with van der Waals surface area (Å²) in [5.41, 5.74) is 0.600. The van der Waals surface area contributed by atoms with Gasteiger partial charge in [0.2, 0.25) is 0 Å². The molecule has 0 aromatic heterocycles. The van der Waals surface area contributed by atoms with Crippen LogP contribution in [0.3, 0.4) is 0 Å². The van der Waals surface area contributed by atoms with Gasteiger partial charge in [-0.3, -0.25) is 4.79 Å². The number of nitrogens with one attached hydrogen (secondary N) is 1. The number of methoxy groups -OCH3 is 4. The van der Waals surface area contributed by atoms with Gasteiger partial charge in [0.1, 0.15) is 17.3 Å². The van der Waals surface area contributed by atoms with E-state index < -0.39 is 11.7 Å². The van der Waals surface area contributed by atoms with Gasteiger partial charge in [-0.2, -0.15) is 0 Å². The smallest absolute Gasteiger partial charge is 0.254 e. The summed E-state index contributed by atoms with van der Waals surface area (Å²) in [5.74, 6) is 0.677. The van der Waals surface area contributed by atoms with Crippen LogP contribution >= 0.6 is 0 Å². The molecule has 1 amide bonds. The number of rotatable bonds is 7. The third-order valence-corrected chi connectivity index (χ3v) is 3.65. The zero-order valence-corrected chi connectivity index (χ0v) is 14.5. The van der Waals surface area contributed by atoms with Gasteiger partial charge in [0.25, 0.3) is 5.91 Å². The van der Waals surface area contributed by atoms with Gasteiger partial charge < -0.3 is 24.3 Å². The van der Waals surface area contributed by atoms with Crippen LogP contribution in [-0.2, 0) is 6.54 Å². The summed E-state index contributed by atoms with van der Waals surface area (Å²) in [7, 11) is 5.97. The SMILES string of the molecule is COc1ccc(C(=O)NCc2cc(OC)c(OC)cc2OC)c(F)c1. The van der Waals surface area contributed by atoms with E-state index in [1.807, 2.05) is 0 Å². The average molecular weight is 349 g/mol. The normalized spacial score (nSPS) is 10.1. The molecule has 2 rings (SSSR count). The number of carbonyl (C=O) groups excluding carboxylic acids is 1. The monoisotopic (exact) mass is 349 g/mol. The van der Waals surface area contributed by atoms with E-state index in [0.29, 0.717) is 28.6 Å². The molecule has 0 aliphatic carbocycles. The first kappa shape index (κ1) is 18.4. The van der Waals surface area contributed by atoms with Crippen LogP contribution in [0.1, 0.15) is 15.9 Å². The minimum atomic E-state index is -0.656. The van der Waals surface area contributed by atoms with Gasteiger partial charge in [-0.25, -0.2) is 4.39 Å². The molecule has 0 fully saturated rings. The fourth-order valence-corrected chi connectivity index (χ4v) is 2.31. The van der Waals surface area contributed by atoms with Crippen molar-refractivity contribution in [2.24, 2.45) is 0 Å². The van der Waals surface area contributed by atoms with Crippen molar-refractivity contribution in [3.63, 3.8) is 0 Å². The second-order valence-corrected chi connectivity index (χ2v) is 5.05. The fourth-order valence-electron chi connectivity index (χ4n) is 2.31. The van der Waals surface area contributed by atoms with E-state index in [4.69, 9.17) is 18.9 Å². The van der Waals surface area contributed by atoms with Crippen molar-refractivity contribution >= 4 is 5.91 Å². The van der Waals surface area contributed by atoms with Crippen LogP contribution in [0.5, 0.6) is 23.0 Å². The molecule has 0 saturated carbocycles. The summed E-state index contributed by atoms with van der Waals surface area (Å²) in [4.78, 5) is 12.2. The lowest BCUT2D eigenvalue weighted by atomic mass is 10.1. The van der Waals surface area contributed by atoms with Gasteiger partial charge in [-0.05, 0) is 18.2 Å². The summed E-state index contributed by atoms with van der Waals surface area (Å²) in [6.45, 7) is 0.133. The Morgan fingerprint density at radius 3 is 2.12 bits per heavy atom. The molecule has 0 bridgehead atoms. The molecule has 2 aromatic rings. The van der Waals surface area contributed by atoms with Crippen molar-refractivity contribution in [1.29, 1.82) is 0 Å². The third kappa shape index (κ3) is 4.12. The lowest BCUT2D eigenvalue weighted by molar-refractivity contribution is 0.0946. The van der Waals surface area contributed by atoms with Crippen molar-refractivity contribution < 1.29 is 28.1 Å². The molecule has 1 N–H and O–H groups in total. The maximum atomic E-state index is 14.0. The lowest BCUT2D eigenvalue weighted by Crippen LogP contribution is -2.24. The van der Waals surface area contributed by atoms with Crippen molar-refractivity contribution in [1.82, 2.24) is 5.32 Å². The number of hydrogen-bond donors (Lipinski definition) is 1. The Kier molecular flexibility index (Phi) is 6.05. The number of ether oxygens (including phenoxy) is 4. The van der Waals surface area contributed by atoms with E-state index in [1.165, 1.54) is 40.6 Å². The number of halogens is 1. The molecule has 0 aliphatic heterocycles. The molecule has 7 heteroatoms. The first-order chi connectivity index (χ1) is 12.0. The molecule has 2 aromatic carbocycles. The highest BCUT2D eigenvalue weighted by molar-refractivity contribution is 5.94. The average Bonchev–Trinajstić information content (AvgIpc) is 2.64. The van der Waals surface area contributed by atoms with E-state index in [2.05, 4.69) is 5.32 Å². The van der Waals surface area contributed by atoms with Crippen LogP contribution in [-0.4, -0.2) is 34.3 Å². The molecule has 0 spiro atoms. The molecule has 6 nitrogen and oxygen atoms in total. The molecule has 0 heterocycles. The van der Waals surface area contributed by atoms with Crippen LogP contribution in [0.2, 0.25) is 0 Å². The maximum absolute atomic E-state index is 14.0. The maximum Gasteiger partial charge on any atom is 0.254 e. The minimum absolute atomic E-state index is 0.0692. The van der Waals surface area contributed by atoms with Gasteiger partial charge in [0.15, 0.2) is 11.5 Å². The van der Waals surface area contributed by atoms with E-state index in [9.17, 15) is 9.18 Å². The Balaban J connectivity index is 2.19. The van der Waals surface area contributed by atoms with E-state index >= 15 is 0 Å². The summed E-state index contributed by atoms with van der Waals surface area (Å²) in [5, 5.41) is 2.66. The van der Waals surface area contributed by atoms with Crippen molar-refractivity contribution in [3.05, 3.63) is 47.3 Å². The Bertz CT molecular complexity index is 763. The second kappa shape index (κ2) is 8.23. The lowest BCUT2D eigenvalue weighted by Gasteiger charge is -2.14. The van der Waals surface area contributed by atoms with Crippen LogP contribution in [0.25, 0.3) is 0 Å². The van der Waals surface area contributed by atoms with Gasteiger partial charge in [0.05, 0.1) is 34.0 Å². The number of benzene rings is 2. The van der Waals surface area contributed by atoms with E-state index in [0.717, 1.165) is 6.07 Å². The first-order valence-electron chi connectivity index (χ1n) is 7.44. The molecule has 25 heavy (non-hydrogen) atoms. The Morgan fingerprint density at radius 1 is 0.920 bits per heavy atom. The Hall–Kier alpha value is -2.96. The highest BCUT2D eigenvalue weighted by Gasteiger charge is 2.15. The fraction of sp³-hybridized carbons (Fsp3) is 0.278. The summed E-state index contributed by atoms with van der Waals surface area (Å²) < 4.78 is 34.7. The zero-order chi connectivity index (χ0) is 18.4. The van der Waals surface area contributed by atoms with Crippen molar-refractivity contribution in [3.8, 4) is 23.0 Å². The summed E-state index contributed by atoms with van der Waals surface area (Å²) in [6.07, 6.45) is 0. The predicted octanol–water partition coefficient (Wildman–Crippen LogP) is 2.79. The molecule has 0 saturated heterocycles. The molecule has 0 atom stereocenters. The van der Waals surface area contributed by atoms with Gasteiger partial charge in [-0.1, -0.05) is 0 Å². The molecule has 0 aliphatic rings. The quantitative estimate of drug-likeness (QED) is 0.833. The minimum Gasteiger partial charge on any atom is -0.497 e. The second-order valence-electron chi connectivity index (χ2n) is 5.05. The number of carbonyl (C=O) groups is 1. The molecule has 0 radical (unpaired) electrons. The van der Waals surface area contributed by atoms with Gasteiger partial charge >= 0.3 is 0 Å². The zero-order valence-electron chi connectivity index (χ0n) is 14.5. The topological polar surface area (TPSA) is 66.0 Å². The van der Waals surface area contributed by atoms with Crippen LogP contribution < -0.4 is 24.3 Å². The van der Waals surface area contributed by atoms with Gasteiger partial charge in [0, 0.05) is 24.2 Å². The summed E-state index contributed by atoms with van der Waals surface area (Å²) in [6, 6.07) is 7.41. The largest absolute Gasteiger partial charge is 0.497 e. The molecular weight excluding hydrogens is 329 g/mol. The van der Waals surface area contributed by atoms with Gasteiger partial charge in [-0.15, -0.1) is 0 Å². The first-order valence-corrected chi connectivity index (χ1v) is 7.44. The highest BCUT2D eigenvalue weighted by Crippen LogP contribution is 2.34. The predicted molar refractivity (Wildman–Crippen MR) is 90.2 cm³/mol. The van der Waals surface area contributed by atoms with Crippen molar-refractivity contribution in [2.45, 2.75) is 6.54 Å². The Labute approximate surface area is 145 Å². The standard InChI is InChI=1S/C18H20FNO5/c1-22-12-5-6-13(14(19)8-12)18(21)20-10-11-7-16(24-3)17(25-4)9-15(11)23-2/h5-9H,10H2,1-4H3,(H,20,21). The van der Waals surface area contributed by atoms with Crippen LogP contribution in [0.4, 0.5) is 4.39 Å². The van der Waals surface area contributed by atoms with E-state index in [-0.39, 0.29) is 12.1 Å². The van der Waals surface area contributed by atoms with Crippen LogP contribution in [0, 0.1) is 5.82 Å². The Morgan fingerprint density at radius 2 is 1.56 bits per heavy atom. The molecule has 134 valence electrons. The number of hydrogen-bond acceptors (Lipinski definition) is 5.